The van der Waals surface area contributed by atoms with Crippen LogP contribution in [0.4, 0.5) is 5.82 Å². The van der Waals surface area contributed by atoms with Crippen LogP contribution in [-0.2, 0) is 18.0 Å². The van der Waals surface area contributed by atoms with Gasteiger partial charge in [-0.3, -0.25) is 4.79 Å². The third-order valence-corrected chi connectivity index (χ3v) is 6.29. The number of carbonyl (C=O) groups is 1. The minimum Gasteiger partial charge on any atom is -0.474 e. The lowest BCUT2D eigenvalue weighted by atomic mass is 10.1. The van der Waals surface area contributed by atoms with E-state index in [1.165, 1.54) is 0 Å². The first-order valence-electron chi connectivity index (χ1n) is 10.4. The highest BCUT2D eigenvalue weighted by atomic mass is 16.5. The van der Waals surface area contributed by atoms with Crippen LogP contribution >= 0.6 is 0 Å². The first kappa shape index (κ1) is 19.3. The summed E-state index contributed by atoms with van der Waals surface area (Å²) in [4.78, 5) is 25.6. The molecule has 3 aliphatic heterocycles. The summed E-state index contributed by atoms with van der Waals surface area (Å²) in [5.41, 5.74) is 4.37. The second-order valence-electron chi connectivity index (χ2n) is 8.23. The summed E-state index contributed by atoms with van der Waals surface area (Å²) in [5.74, 6) is 1.48. The summed E-state index contributed by atoms with van der Waals surface area (Å²) in [6.07, 6.45) is 1.85. The van der Waals surface area contributed by atoms with Gasteiger partial charge in [0.05, 0.1) is 42.8 Å². The zero-order chi connectivity index (χ0) is 20.8. The normalized spacial score (nSPS) is 21.2. The third-order valence-electron chi connectivity index (χ3n) is 6.29. The van der Waals surface area contributed by atoms with E-state index in [2.05, 4.69) is 9.88 Å². The number of ether oxygens (including phenoxy) is 2. The van der Waals surface area contributed by atoms with Gasteiger partial charge in [0.15, 0.2) is 0 Å². The number of anilines is 1. The number of fused-ring (bicyclic) bond motifs is 2. The van der Waals surface area contributed by atoms with Crippen molar-refractivity contribution in [2.45, 2.75) is 45.1 Å². The van der Waals surface area contributed by atoms with E-state index in [0.717, 1.165) is 48.6 Å². The van der Waals surface area contributed by atoms with E-state index in [0.29, 0.717) is 30.4 Å². The lowest BCUT2D eigenvalue weighted by Crippen LogP contribution is -2.39. The maximum atomic E-state index is 12.4. The molecule has 8 heteroatoms. The van der Waals surface area contributed by atoms with Crippen LogP contribution in [-0.4, -0.2) is 58.7 Å². The summed E-state index contributed by atoms with van der Waals surface area (Å²) in [5, 5.41) is 9.73. The van der Waals surface area contributed by atoms with Gasteiger partial charge in [-0.1, -0.05) is 0 Å². The molecule has 5 heterocycles. The van der Waals surface area contributed by atoms with Crippen LogP contribution in [0.3, 0.4) is 0 Å². The molecule has 0 saturated carbocycles. The first-order valence-corrected chi connectivity index (χ1v) is 10.4. The molecule has 0 bridgehead atoms. The Morgan fingerprint density at radius 2 is 2.03 bits per heavy atom. The van der Waals surface area contributed by atoms with E-state index in [4.69, 9.17) is 14.5 Å². The van der Waals surface area contributed by atoms with E-state index in [1.54, 1.807) is 11.9 Å². The Kier molecular flexibility index (Phi) is 4.83. The van der Waals surface area contributed by atoms with Crippen LogP contribution in [0.1, 0.15) is 51.8 Å². The van der Waals surface area contributed by atoms with Gasteiger partial charge in [0, 0.05) is 44.6 Å². The number of hydrogen-bond donors (Lipinski definition) is 1. The van der Waals surface area contributed by atoms with E-state index < -0.39 is 0 Å². The summed E-state index contributed by atoms with van der Waals surface area (Å²) >= 11 is 0. The van der Waals surface area contributed by atoms with Crippen molar-refractivity contribution in [1.82, 2.24) is 14.9 Å². The molecule has 3 aliphatic rings. The quantitative estimate of drug-likeness (QED) is 0.825. The van der Waals surface area contributed by atoms with Crippen molar-refractivity contribution < 1.29 is 19.4 Å². The van der Waals surface area contributed by atoms with E-state index in [9.17, 15) is 9.90 Å². The smallest absolute Gasteiger partial charge is 0.256 e. The van der Waals surface area contributed by atoms with Crippen molar-refractivity contribution in [3.63, 3.8) is 0 Å². The van der Waals surface area contributed by atoms with Crippen molar-refractivity contribution in [3.8, 4) is 5.88 Å². The molecule has 1 fully saturated rings. The predicted octanol–water partition coefficient (Wildman–Crippen LogP) is 1.98. The SMILES string of the molecule is Cc1cc2c(nc1N1CCC(Oc3ccc4c(n3)COC4)CC1)[C@H](CO)N(C)C2=O. The maximum Gasteiger partial charge on any atom is 0.256 e. The van der Waals surface area contributed by atoms with Crippen molar-refractivity contribution in [1.29, 1.82) is 0 Å². The van der Waals surface area contributed by atoms with Gasteiger partial charge in [0.2, 0.25) is 5.88 Å². The molecule has 0 unspecified atom stereocenters. The predicted molar refractivity (Wildman–Crippen MR) is 109 cm³/mol. The first-order chi connectivity index (χ1) is 14.5. The molecule has 8 nitrogen and oxygen atoms in total. The van der Waals surface area contributed by atoms with Crippen molar-refractivity contribution in [2.24, 2.45) is 0 Å². The number of carbonyl (C=O) groups excluding carboxylic acids is 1. The van der Waals surface area contributed by atoms with Crippen LogP contribution in [0.25, 0.3) is 0 Å². The molecular weight excluding hydrogens is 384 g/mol. The van der Waals surface area contributed by atoms with Crippen LogP contribution in [0.5, 0.6) is 5.88 Å². The number of aryl methyl sites for hydroxylation is 1. The van der Waals surface area contributed by atoms with Gasteiger partial charge < -0.3 is 24.4 Å². The minimum atomic E-state index is -0.373. The zero-order valence-corrected chi connectivity index (χ0v) is 17.3. The minimum absolute atomic E-state index is 0.0782. The molecule has 158 valence electrons. The Morgan fingerprint density at radius 3 is 2.80 bits per heavy atom. The van der Waals surface area contributed by atoms with Gasteiger partial charge in [0.1, 0.15) is 11.9 Å². The average molecular weight is 410 g/mol. The summed E-state index contributed by atoms with van der Waals surface area (Å²) < 4.78 is 11.6. The Hall–Kier alpha value is -2.71. The number of amides is 1. The van der Waals surface area contributed by atoms with Gasteiger partial charge in [-0.2, -0.15) is 0 Å². The number of pyridine rings is 2. The standard InChI is InChI=1S/C22H26N4O4/c1-13-9-16-20(18(10-27)25(2)22(16)28)24-21(13)26-7-5-15(6-8-26)30-19-4-3-14-11-29-12-17(14)23-19/h3-4,9,15,18,27H,5-8,10-12H2,1-2H3/t18-/m0/s1. The molecule has 1 N–H and O–H groups in total. The van der Waals surface area contributed by atoms with E-state index >= 15 is 0 Å². The zero-order valence-electron chi connectivity index (χ0n) is 17.3. The molecule has 0 radical (unpaired) electrons. The summed E-state index contributed by atoms with van der Waals surface area (Å²) in [7, 11) is 1.71. The number of aromatic nitrogens is 2. The molecule has 0 spiro atoms. The second kappa shape index (κ2) is 7.52. The second-order valence-corrected chi connectivity index (χ2v) is 8.23. The average Bonchev–Trinajstić information content (AvgIpc) is 3.31. The molecular formula is C22H26N4O4. The fourth-order valence-corrected chi connectivity index (χ4v) is 4.53. The van der Waals surface area contributed by atoms with Gasteiger partial charge in [-0.05, 0) is 24.6 Å². The Labute approximate surface area is 175 Å². The van der Waals surface area contributed by atoms with Gasteiger partial charge >= 0.3 is 0 Å². The third kappa shape index (κ3) is 3.20. The highest BCUT2D eigenvalue weighted by Crippen LogP contribution is 2.35. The van der Waals surface area contributed by atoms with Gasteiger partial charge in [-0.25, -0.2) is 9.97 Å². The highest BCUT2D eigenvalue weighted by molar-refractivity contribution is 5.99. The van der Waals surface area contributed by atoms with Crippen molar-refractivity contribution in [2.75, 3.05) is 31.6 Å². The molecule has 2 aromatic heterocycles. The number of rotatable bonds is 4. The van der Waals surface area contributed by atoms with E-state index in [-0.39, 0.29) is 24.7 Å². The lowest BCUT2D eigenvalue weighted by molar-refractivity contribution is 0.0715. The molecule has 0 aliphatic carbocycles. The topological polar surface area (TPSA) is 88.0 Å². The van der Waals surface area contributed by atoms with Crippen LogP contribution < -0.4 is 9.64 Å². The van der Waals surface area contributed by atoms with Crippen LogP contribution in [0.2, 0.25) is 0 Å². The number of aliphatic hydroxyl groups excluding tert-OH is 1. The van der Waals surface area contributed by atoms with E-state index in [1.807, 2.05) is 25.1 Å². The number of likely N-dealkylation sites (N-methyl/N-ethyl adjacent to an activating group) is 1. The number of nitrogens with zero attached hydrogens (tertiary/aromatic N) is 4. The lowest BCUT2D eigenvalue weighted by Gasteiger charge is -2.34. The van der Waals surface area contributed by atoms with Crippen LogP contribution in [0, 0.1) is 6.92 Å². The number of aliphatic hydroxyl groups is 1. The molecule has 1 atom stereocenters. The van der Waals surface area contributed by atoms with Crippen LogP contribution in [0.15, 0.2) is 18.2 Å². The molecule has 2 aromatic rings. The Balaban J connectivity index is 1.28. The maximum absolute atomic E-state index is 12.4. The Bertz CT molecular complexity index is 987. The fraction of sp³-hybridized carbons (Fsp3) is 0.500. The summed E-state index contributed by atoms with van der Waals surface area (Å²) in [6, 6.07) is 5.50. The van der Waals surface area contributed by atoms with Gasteiger partial charge in [-0.15, -0.1) is 0 Å². The highest BCUT2D eigenvalue weighted by Gasteiger charge is 2.36. The number of piperidine rings is 1. The summed E-state index contributed by atoms with van der Waals surface area (Å²) in [6.45, 7) is 4.69. The molecule has 0 aromatic carbocycles. The van der Waals surface area contributed by atoms with Gasteiger partial charge in [0.25, 0.3) is 5.91 Å². The molecule has 5 rings (SSSR count). The molecule has 1 amide bonds. The van der Waals surface area contributed by atoms with Crippen molar-refractivity contribution >= 4 is 11.7 Å². The number of hydrogen-bond acceptors (Lipinski definition) is 7. The monoisotopic (exact) mass is 410 g/mol. The molecule has 30 heavy (non-hydrogen) atoms. The largest absolute Gasteiger partial charge is 0.474 e. The van der Waals surface area contributed by atoms with Crippen molar-refractivity contribution in [3.05, 3.63) is 46.3 Å². The fourth-order valence-electron chi connectivity index (χ4n) is 4.53. The molecule has 1 saturated heterocycles. The Morgan fingerprint density at radius 1 is 1.23 bits per heavy atom.